The molecule has 0 aliphatic carbocycles. The first-order chi connectivity index (χ1) is 11.6. The van der Waals surface area contributed by atoms with Gasteiger partial charge in [0.25, 0.3) is 0 Å². The smallest absolute Gasteiger partial charge is 0.319 e. The molecule has 4 nitrogen and oxygen atoms in total. The molecule has 3 rings (SSSR count). The van der Waals surface area contributed by atoms with Crippen molar-refractivity contribution in [1.29, 1.82) is 0 Å². The molecular weight excluding hydrogens is 298 g/mol. The van der Waals surface area contributed by atoms with Crippen molar-refractivity contribution >= 4 is 11.7 Å². The van der Waals surface area contributed by atoms with Crippen LogP contribution >= 0.6 is 0 Å². The monoisotopic (exact) mass is 327 g/mol. The van der Waals surface area contributed by atoms with Crippen LogP contribution in [0.5, 0.6) is 0 Å². The molecule has 2 bridgehead atoms. The number of carbonyl (C=O) groups excluding carboxylic acids is 1. The van der Waals surface area contributed by atoms with E-state index in [9.17, 15) is 4.79 Å². The van der Waals surface area contributed by atoms with Crippen LogP contribution in [0.2, 0.25) is 0 Å². The molecule has 2 aliphatic rings. The number of aryl methyl sites for hydroxylation is 2. The number of anilines is 1. The molecule has 0 aromatic heterocycles. The number of nitrogens with zero attached hydrogens (tertiary/aromatic N) is 1. The summed E-state index contributed by atoms with van der Waals surface area (Å²) >= 11 is 0. The minimum absolute atomic E-state index is 0.0763. The van der Waals surface area contributed by atoms with Crippen molar-refractivity contribution in [1.82, 2.24) is 10.2 Å². The third-order valence-electron chi connectivity index (χ3n) is 5.52. The Balaban J connectivity index is 1.61. The van der Waals surface area contributed by atoms with Gasteiger partial charge >= 0.3 is 6.03 Å². The second kappa shape index (κ2) is 7.39. The highest BCUT2D eigenvalue weighted by Gasteiger charge is 2.37. The van der Waals surface area contributed by atoms with Gasteiger partial charge in [0.2, 0.25) is 0 Å². The zero-order chi connectivity index (χ0) is 17.1. The van der Waals surface area contributed by atoms with E-state index in [4.69, 9.17) is 0 Å². The van der Waals surface area contributed by atoms with Crippen molar-refractivity contribution in [3.05, 3.63) is 42.0 Å². The number of hydrogen-bond acceptors (Lipinski definition) is 2. The summed E-state index contributed by atoms with van der Waals surface area (Å²) in [7, 11) is 0. The van der Waals surface area contributed by atoms with Gasteiger partial charge in [-0.3, -0.25) is 4.90 Å². The number of fused-ring (bicyclic) bond motifs is 2. The first-order valence-electron chi connectivity index (χ1n) is 9.09. The first kappa shape index (κ1) is 17.0. The second-order valence-electron chi connectivity index (χ2n) is 7.26. The van der Waals surface area contributed by atoms with Crippen LogP contribution in [-0.2, 0) is 0 Å². The zero-order valence-electron chi connectivity index (χ0n) is 14.8. The Bertz CT molecular complexity index is 579. The number of amides is 2. The first-order valence-corrected chi connectivity index (χ1v) is 9.09. The summed E-state index contributed by atoms with van der Waals surface area (Å²) in [6, 6.07) is 7.44. The van der Waals surface area contributed by atoms with Crippen molar-refractivity contribution in [2.45, 2.75) is 64.1 Å². The van der Waals surface area contributed by atoms with Gasteiger partial charge in [0.15, 0.2) is 0 Å². The third kappa shape index (κ3) is 3.64. The van der Waals surface area contributed by atoms with E-state index < -0.39 is 0 Å². The topological polar surface area (TPSA) is 44.4 Å². The highest BCUT2D eigenvalue weighted by molar-refractivity contribution is 5.91. The largest absolute Gasteiger partial charge is 0.335 e. The molecule has 4 heteroatoms. The van der Waals surface area contributed by atoms with Crippen LogP contribution in [0.4, 0.5) is 10.5 Å². The normalized spacial score (nSPS) is 26.7. The molecular formula is C20H29N3O. The molecule has 2 amide bonds. The second-order valence-corrected chi connectivity index (χ2v) is 7.26. The maximum atomic E-state index is 12.5. The maximum Gasteiger partial charge on any atom is 0.319 e. The van der Waals surface area contributed by atoms with E-state index in [1.807, 2.05) is 38.1 Å². The number of para-hydroxylation sites is 1. The lowest BCUT2D eigenvalue weighted by Gasteiger charge is -2.48. The number of nitrogens with one attached hydrogen (secondary N) is 2. The summed E-state index contributed by atoms with van der Waals surface area (Å²) < 4.78 is 0. The molecule has 0 radical (unpaired) electrons. The predicted molar refractivity (Wildman–Crippen MR) is 99.4 cm³/mol. The van der Waals surface area contributed by atoms with Crippen LogP contribution in [-0.4, -0.2) is 35.6 Å². The molecule has 2 unspecified atom stereocenters. The van der Waals surface area contributed by atoms with E-state index in [0.29, 0.717) is 12.1 Å². The molecule has 2 saturated heterocycles. The summed E-state index contributed by atoms with van der Waals surface area (Å²) in [5.74, 6) is 0. The van der Waals surface area contributed by atoms with E-state index >= 15 is 0 Å². The molecule has 2 fully saturated rings. The van der Waals surface area contributed by atoms with E-state index in [-0.39, 0.29) is 12.1 Å². The van der Waals surface area contributed by atoms with Gasteiger partial charge in [0, 0.05) is 30.4 Å². The lowest BCUT2D eigenvalue weighted by Crippen LogP contribution is -2.57. The molecule has 1 aromatic rings. The number of urea groups is 1. The number of piperidine rings is 2. The van der Waals surface area contributed by atoms with Gasteiger partial charge in [-0.2, -0.15) is 0 Å². The van der Waals surface area contributed by atoms with E-state index in [1.54, 1.807) is 0 Å². The fourth-order valence-electron chi connectivity index (χ4n) is 4.39. The Hall–Kier alpha value is -1.81. The van der Waals surface area contributed by atoms with Gasteiger partial charge in [0.05, 0.1) is 0 Å². The van der Waals surface area contributed by atoms with E-state index in [0.717, 1.165) is 36.2 Å². The van der Waals surface area contributed by atoms with Crippen LogP contribution in [0.25, 0.3) is 0 Å². The minimum atomic E-state index is -0.0763. The average molecular weight is 327 g/mol. The van der Waals surface area contributed by atoms with Crippen LogP contribution in [0.3, 0.4) is 0 Å². The van der Waals surface area contributed by atoms with Gasteiger partial charge in [-0.05, 0) is 50.7 Å². The van der Waals surface area contributed by atoms with Crippen LogP contribution < -0.4 is 10.6 Å². The molecule has 2 atom stereocenters. The van der Waals surface area contributed by atoms with E-state index in [2.05, 4.69) is 22.1 Å². The Kier molecular flexibility index (Phi) is 5.24. The van der Waals surface area contributed by atoms with Crippen LogP contribution in [0.1, 0.15) is 43.2 Å². The third-order valence-corrected chi connectivity index (χ3v) is 5.52. The molecule has 2 aliphatic heterocycles. The zero-order valence-corrected chi connectivity index (χ0v) is 14.8. The minimum Gasteiger partial charge on any atom is -0.335 e. The summed E-state index contributed by atoms with van der Waals surface area (Å²) in [6.45, 7) is 8.92. The molecule has 0 saturated carbocycles. The number of hydrogen-bond donors (Lipinski definition) is 2. The Morgan fingerprint density at radius 3 is 2.46 bits per heavy atom. The van der Waals surface area contributed by atoms with Crippen molar-refractivity contribution in [2.75, 3.05) is 11.9 Å². The fourth-order valence-corrected chi connectivity index (χ4v) is 4.39. The molecule has 24 heavy (non-hydrogen) atoms. The van der Waals surface area contributed by atoms with Crippen LogP contribution in [0, 0.1) is 13.8 Å². The summed E-state index contributed by atoms with van der Waals surface area (Å²) in [6.07, 6.45) is 7.88. The lowest BCUT2D eigenvalue weighted by molar-refractivity contribution is 0.0375. The Morgan fingerprint density at radius 2 is 1.88 bits per heavy atom. The standard InChI is InChI=1S/C20H29N3O/c1-4-11-23-17-9-6-10-18(23)13-16(12-17)21-20(24)22-19-14(2)7-5-8-15(19)3/h4-5,7-8,16-18H,1,6,9-13H2,2-3H3,(H2,21,22,24). The van der Waals surface area contributed by atoms with Crippen molar-refractivity contribution in [2.24, 2.45) is 0 Å². The SMILES string of the molecule is C=CCN1C2CCCC1CC(NC(=O)Nc1c(C)cccc1C)C2. The average Bonchev–Trinajstić information content (AvgIpc) is 2.52. The predicted octanol–water partition coefficient (Wildman–Crippen LogP) is 4.00. The maximum absolute atomic E-state index is 12.5. The van der Waals surface area contributed by atoms with Gasteiger partial charge in [-0.15, -0.1) is 6.58 Å². The van der Waals surface area contributed by atoms with Gasteiger partial charge in [-0.1, -0.05) is 30.7 Å². The molecule has 1 aromatic carbocycles. The number of carbonyl (C=O) groups is 1. The lowest BCUT2D eigenvalue weighted by atomic mass is 9.82. The molecule has 2 heterocycles. The number of rotatable bonds is 4. The molecule has 130 valence electrons. The quantitative estimate of drug-likeness (QED) is 0.821. The highest BCUT2D eigenvalue weighted by atomic mass is 16.2. The van der Waals surface area contributed by atoms with Gasteiger partial charge in [-0.25, -0.2) is 4.79 Å². The van der Waals surface area contributed by atoms with Crippen molar-refractivity contribution < 1.29 is 4.79 Å². The summed E-state index contributed by atoms with van der Waals surface area (Å²) in [5.41, 5.74) is 3.13. The van der Waals surface area contributed by atoms with Crippen molar-refractivity contribution in [3.63, 3.8) is 0 Å². The Morgan fingerprint density at radius 1 is 1.25 bits per heavy atom. The summed E-state index contributed by atoms with van der Waals surface area (Å²) in [4.78, 5) is 15.0. The molecule has 2 N–H and O–H groups in total. The van der Waals surface area contributed by atoms with Gasteiger partial charge < -0.3 is 10.6 Å². The molecule has 0 spiro atoms. The van der Waals surface area contributed by atoms with Gasteiger partial charge in [0.1, 0.15) is 0 Å². The highest BCUT2D eigenvalue weighted by Crippen LogP contribution is 2.34. The summed E-state index contributed by atoms with van der Waals surface area (Å²) in [5, 5.41) is 6.26. The number of benzene rings is 1. The fraction of sp³-hybridized carbons (Fsp3) is 0.550. The van der Waals surface area contributed by atoms with Crippen LogP contribution in [0.15, 0.2) is 30.9 Å². The van der Waals surface area contributed by atoms with E-state index in [1.165, 1.54) is 19.3 Å². The Labute approximate surface area is 145 Å². The van der Waals surface area contributed by atoms with Crippen molar-refractivity contribution in [3.8, 4) is 0 Å².